The SMILES string of the molecule is CN(C)C(=O)CS(=O)(=O)c1ccc(C(=O)NC(C)(CN)C2CC2)cc1. The molecule has 25 heavy (non-hydrogen) atoms. The van der Waals surface area contributed by atoms with E-state index in [1.165, 1.54) is 43.3 Å². The lowest BCUT2D eigenvalue weighted by atomic mass is 9.95. The van der Waals surface area contributed by atoms with E-state index in [1.807, 2.05) is 6.92 Å². The van der Waals surface area contributed by atoms with Crippen LogP contribution in [0.3, 0.4) is 0 Å². The normalized spacial score (nSPS) is 16.8. The average molecular weight is 367 g/mol. The summed E-state index contributed by atoms with van der Waals surface area (Å²) in [6, 6.07) is 5.60. The van der Waals surface area contributed by atoms with Gasteiger partial charge in [0.1, 0.15) is 5.75 Å². The molecule has 2 amide bonds. The summed E-state index contributed by atoms with van der Waals surface area (Å²) >= 11 is 0. The van der Waals surface area contributed by atoms with Gasteiger partial charge >= 0.3 is 0 Å². The van der Waals surface area contributed by atoms with Crippen LogP contribution in [-0.4, -0.2) is 57.1 Å². The number of sulfone groups is 1. The molecule has 1 aliphatic rings. The first-order valence-corrected chi connectivity index (χ1v) is 9.80. The predicted molar refractivity (Wildman–Crippen MR) is 94.8 cm³/mol. The molecule has 8 heteroatoms. The Bertz CT molecular complexity index is 755. The van der Waals surface area contributed by atoms with Crippen molar-refractivity contribution in [1.82, 2.24) is 10.2 Å². The highest BCUT2D eigenvalue weighted by molar-refractivity contribution is 7.92. The molecule has 1 aliphatic carbocycles. The maximum Gasteiger partial charge on any atom is 0.251 e. The molecule has 1 aromatic carbocycles. The van der Waals surface area contributed by atoms with Gasteiger partial charge in [-0.2, -0.15) is 0 Å². The highest BCUT2D eigenvalue weighted by Crippen LogP contribution is 2.39. The van der Waals surface area contributed by atoms with Crippen molar-refractivity contribution in [2.75, 3.05) is 26.4 Å². The van der Waals surface area contributed by atoms with E-state index in [2.05, 4.69) is 5.32 Å². The zero-order chi connectivity index (χ0) is 18.8. The maximum atomic E-state index is 12.4. The van der Waals surface area contributed by atoms with E-state index in [-0.39, 0.29) is 10.8 Å². The second-order valence-corrected chi connectivity index (χ2v) is 8.91. The topological polar surface area (TPSA) is 110 Å². The molecule has 1 unspecified atom stereocenters. The smallest absolute Gasteiger partial charge is 0.251 e. The second kappa shape index (κ2) is 7.13. The number of hydrogen-bond donors (Lipinski definition) is 2. The molecule has 0 aromatic heterocycles. The number of carbonyl (C=O) groups is 2. The van der Waals surface area contributed by atoms with Gasteiger partial charge in [-0.3, -0.25) is 9.59 Å². The second-order valence-electron chi connectivity index (χ2n) is 6.92. The summed E-state index contributed by atoms with van der Waals surface area (Å²) in [6.45, 7) is 2.27. The van der Waals surface area contributed by atoms with E-state index >= 15 is 0 Å². The number of rotatable bonds is 7. The number of carbonyl (C=O) groups excluding carboxylic acids is 2. The van der Waals surface area contributed by atoms with E-state index in [1.54, 1.807) is 0 Å². The Kier molecular flexibility index (Phi) is 5.53. The van der Waals surface area contributed by atoms with Crippen molar-refractivity contribution in [1.29, 1.82) is 0 Å². The van der Waals surface area contributed by atoms with E-state index < -0.39 is 27.0 Å². The molecule has 0 bridgehead atoms. The standard InChI is InChI=1S/C17H25N3O4S/c1-17(11-18,13-6-7-13)19-16(22)12-4-8-14(9-5-12)25(23,24)10-15(21)20(2)3/h4-5,8-9,13H,6-7,10-11,18H2,1-3H3,(H,19,22). The van der Waals surface area contributed by atoms with Crippen LogP contribution in [0.15, 0.2) is 29.2 Å². The lowest BCUT2D eigenvalue weighted by molar-refractivity contribution is -0.125. The van der Waals surface area contributed by atoms with Gasteiger partial charge in [0.15, 0.2) is 9.84 Å². The Labute approximate surface area is 148 Å². The van der Waals surface area contributed by atoms with Crippen molar-refractivity contribution in [3.63, 3.8) is 0 Å². The number of benzene rings is 1. The van der Waals surface area contributed by atoms with Crippen molar-refractivity contribution >= 4 is 21.7 Å². The summed E-state index contributed by atoms with van der Waals surface area (Å²) in [4.78, 5) is 25.3. The van der Waals surface area contributed by atoms with E-state index in [0.29, 0.717) is 18.0 Å². The van der Waals surface area contributed by atoms with Crippen molar-refractivity contribution in [2.24, 2.45) is 11.7 Å². The fraction of sp³-hybridized carbons (Fsp3) is 0.529. The van der Waals surface area contributed by atoms with Crippen LogP contribution < -0.4 is 11.1 Å². The van der Waals surface area contributed by atoms with Crippen LogP contribution in [0.1, 0.15) is 30.1 Å². The van der Waals surface area contributed by atoms with Crippen LogP contribution in [0.2, 0.25) is 0 Å². The Hall–Kier alpha value is -1.93. The zero-order valence-electron chi connectivity index (χ0n) is 14.8. The van der Waals surface area contributed by atoms with E-state index in [4.69, 9.17) is 5.73 Å². The van der Waals surface area contributed by atoms with Gasteiger partial charge in [-0.25, -0.2) is 8.42 Å². The largest absolute Gasteiger partial charge is 0.348 e. The highest BCUT2D eigenvalue weighted by Gasteiger charge is 2.41. The summed E-state index contributed by atoms with van der Waals surface area (Å²) < 4.78 is 24.5. The maximum absolute atomic E-state index is 12.4. The molecule has 0 saturated heterocycles. The third-order valence-corrected chi connectivity index (χ3v) is 6.21. The number of amides is 2. The lowest BCUT2D eigenvalue weighted by Crippen LogP contribution is -2.53. The zero-order valence-corrected chi connectivity index (χ0v) is 15.6. The van der Waals surface area contributed by atoms with Gasteiger partial charge in [-0.1, -0.05) is 0 Å². The molecule has 3 N–H and O–H groups in total. The molecule has 0 heterocycles. The molecular weight excluding hydrogens is 342 g/mol. The Morgan fingerprint density at radius 1 is 1.24 bits per heavy atom. The highest BCUT2D eigenvalue weighted by atomic mass is 32.2. The summed E-state index contributed by atoms with van der Waals surface area (Å²) in [7, 11) is -0.734. The summed E-state index contributed by atoms with van der Waals surface area (Å²) in [5.41, 5.74) is 5.71. The summed E-state index contributed by atoms with van der Waals surface area (Å²) in [6.07, 6.45) is 2.09. The van der Waals surface area contributed by atoms with Crippen molar-refractivity contribution in [3.8, 4) is 0 Å². The number of nitrogens with two attached hydrogens (primary N) is 1. The van der Waals surface area contributed by atoms with Crippen LogP contribution in [-0.2, 0) is 14.6 Å². The number of hydrogen-bond acceptors (Lipinski definition) is 5. The molecular formula is C17H25N3O4S. The molecule has 1 aromatic rings. The fourth-order valence-corrected chi connectivity index (χ4v) is 3.86. The van der Waals surface area contributed by atoms with Crippen LogP contribution in [0.25, 0.3) is 0 Å². The molecule has 138 valence electrons. The van der Waals surface area contributed by atoms with Gasteiger partial charge in [0.2, 0.25) is 5.91 Å². The van der Waals surface area contributed by atoms with Gasteiger partial charge in [0.25, 0.3) is 5.91 Å². The van der Waals surface area contributed by atoms with Crippen LogP contribution >= 0.6 is 0 Å². The molecule has 0 spiro atoms. The van der Waals surface area contributed by atoms with Gasteiger partial charge in [0.05, 0.1) is 10.4 Å². The number of nitrogens with zero attached hydrogens (tertiary/aromatic N) is 1. The minimum atomic E-state index is -3.73. The minimum absolute atomic E-state index is 0.0167. The average Bonchev–Trinajstić information content (AvgIpc) is 3.39. The molecule has 2 rings (SSSR count). The molecule has 7 nitrogen and oxygen atoms in total. The Morgan fingerprint density at radius 2 is 1.80 bits per heavy atom. The van der Waals surface area contributed by atoms with Crippen LogP contribution in [0.4, 0.5) is 0 Å². The van der Waals surface area contributed by atoms with E-state index in [9.17, 15) is 18.0 Å². The molecule has 0 radical (unpaired) electrons. The minimum Gasteiger partial charge on any atom is -0.348 e. The summed E-state index contributed by atoms with van der Waals surface area (Å²) in [5, 5.41) is 2.95. The Balaban J connectivity index is 2.11. The lowest BCUT2D eigenvalue weighted by Gasteiger charge is -2.29. The fourth-order valence-electron chi connectivity index (χ4n) is 2.56. The van der Waals surface area contributed by atoms with Gasteiger partial charge in [-0.05, 0) is 49.9 Å². The van der Waals surface area contributed by atoms with Crippen molar-refractivity contribution in [3.05, 3.63) is 29.8 Å². The monoisotopic (exact) mass is 367 g/mol. The first-order valence-electron chi connectivity index (χ1n) is 8.14. The first-order chi connectivity index (χ1) is 11.6. The third kappa shape index (κ3) is 4.58. The van der Waals surface area contributed by atoms with Crippen LogP contribution in [0.5, 0.6) is 0 Å². The van der Waals surface area contributed by atoms with Gasteiger partial charge in [0, 0.05) is 26.2 Å². The predicted octanol–water partition coefficient (Wildman–Crippen LogP) is 0.406. The van der Waals surface area contributed by atoms with Crippen LogP contribution in [0, 0.1) is 5.92 Å². The first kappa shape index (κ1) is 19.4. The molecule has 1 saturated carbocycles. The quantitative estimate of drug-likeness (QED) is 0.725. The number of nitrogens with one attached hydrogen (secondary N) is 1. The Morgan fingerprint density at radius 3 is 2.24 bits per heavy atom. The van der Waals surface area contributed by atoms with Crippen molar-refractivity contribution < 1.29 is 18.0 Å². The third-order valence-electron chi connectivity index (χ3n) is 4.59. The van der Waals surface area contributed by atoms with E-state index in [0.717, 1.165) is 12.8 Å². The summed E-state index contributed by atoms with van der Waals surface area (Å²) in [5.74, 6) is -0.991. The molecule has 1 atom stereocenters. The van der Waals surface area contributed by atoms with Crippen molar-refractivity contribution in [2.45, 2.75) is 30.2 Å². The van der Waals surface area contributed by atoms with Gasteiger partial charge in [-0.15, -0.1) is 0 Å². The molecule has 0 aliphatic heterocycles. The molecule has 1 fully saturated rings. The van der Waals surface area contributed by atoms with Gasteiger partial charge < -0.3 is 16.0 Å².